The van der Waals surface area contributed by atoms with Crippen LogP contribution in [-0.4, -0.2) is 31.1 Å². The average Bonchev–Trinajstić information content (AvgIpc) is 2.90. The maximum absolute atomic E-state index is 12.1. The van der Waals surface area contributed by atoms with Crippen molar-refractivity contribution in [3.8, 4) is 5.75 Å². The zero-order chi connectivity index (χ0) is 17.9. The number of ether oxygens (including phenoxy) is 1. The van der Waals surface area contributed by atoms with Crippen LogP contribution < -0.4 is 15.4 Å². The van der Waals surface area contributed by atoms with Gasteiger partial charge in [0.1, 0.15) is 12.4 Å². The van der Waals surface area contributed by atoms with Gasteiger partial charge in [0.15, 0.2) is 0 Å². The third-order valence-corrected chi connectivity index (χ3v) is 5.46. The van der Waals surface area contributed by atoms with E-state index in [-0.39, 0.29) is 11.3 Å². The van der Waals surface area contributed by atoms with Crippen molar-refractivity contribution >= 4 is 5.91 Å². The molecule has 2 bridgehead atoms. The molecule has 25 heavy (non-hydrogen) atoms. The third-order valence-electron chi connectivity index (χ3n) is 5.46. The van der Waals surface area contributed by atoms with Gasteiger partial charge < -0.3 is 15.4 Å². The number of rotatable bonds is 6. The number of piperidine rings is 1. The summed E-state index contributed by atoms with van der Waals surface area (Å²) >= 11 is 0. The van der Waals surface area contributed by atoms with Crippen molar-refractivity contribution in [2.75, 3.05) is 13.2 Å². The van der Waals surface area contributed by atoms with Crippen molar-refractivity contribution in [2.24, 2.45) is 5.92 Å². The molecule has 0 aliphatic carbocycles. The summed E-state index contributed by atoms with van der Waals surface area (Å²) in [7, 11) is 0. The maximum Gasteiger partial charge on any atom is 0.220 e. The van der Waals surface area contributed by atoms with Crippen LogP contribution in [0.3, 0.4) is 0 Å². The minimum Gasteiger partial charge on any atom is -0.492 e. The van der Waals surface area contributed by atoms with E-state index in [0.29, 0.717) is 37.6 Å². The highest BCUT2D eigenvalue weighted by atomic mass is 16.5. The largest absolute Gasteiger partial charge is 0.492 e. The summed E-state index contributed by atoms with van der Waals surface area (Å²) in [5.41, 5.74) is 1.45. The van der Waals surface area contributed by atoms with Crippen LogP contribution in [0.25, 0.3) is 0 Å². The number of amides is 1. The second kappa shape index (κ2) is 7.77. The normalized spacial score (nSPS) is 25.6. The summed E-state index contributed by atoms with van der Waals surface area (Å²) in [5.74, 6) is 1.57. The van der Waals surface area contributed by atoms with Crippen molar-refractivity contribution < 1.29 is 9.53 Å². The van der Waals surface area contributed by atoms with Crippen LogP contribution in [0.5, 0.6) is 5.75 Å². The molecule has 2 fully saturated rings. The molecule has 2 N–H and O–H groups in total. The quantitative estimate of drug-likeness (QED) is 0.778. The zero-order valence-corrected chi connectivity index (χ0v) is 15.8. The first-order valence-electron chi connectivity index (χ1n) is 9.66. The molecule has 2 atom stereocenters. The first kappa shape index (κ1) is 18.2. The van der Waals surface area contributed by atoms with Crippen LogP contribution in [0.1, 0.15) is 58.4 Å². The molecule has 2 heterocycles. The summed E-state index contributed by atoms with van der Waals surface area (Å²) < 4.78 is 5.73. The van der Waals surface area contributed by atoms with Crippen molar-refractivity contribution in [1.29, 1.82) is 0 Å². The lowest BCUT2D eigenvalue weighted by molar-refractivity contribution is -0.122. The van der Waals surface area contributed by atoms with Gasteiger partial charge >= 0.3 is 0 Å². The standard InChI is InChI=1S/C21H32N2O2/c1-21(2,3)16-4-8-19(9-5-16)25-11-10-22-20(24)14-15-12-17-6-7-18(13-15)23-17/h4-5,8-9,15,17-18,23H,6-7,10-14H2,1-3H3,(H,22,24). The fraction of sp³-hybridized carbons (Fsp3) is 0.667. The van der Waals surface area contributed by atoms with Gasteiger partial charge in [-0.25, -0.2) is 0 Å². The molecule has 1 amide bonds. The van der Waals surface area contributed by atoms with Crippen LogP contribution in [0.2, 0.25) is 0 Å². The monoisotopic (exact) mass is 344 g/mol. The highest BCUT2D eigenvalue weighted by Gasteiger charge is 2.34. The number of fused-ring (bicyclic) bond motifs is 2. The average molecular weight is 344 g/mol. The number of benzene rings is 1. The summed E-state index contributed by atoms with van der Waals surface area (Å²) in [4.78, 5) is 12.1. The molecule has 4 nitrogen and oxygen atoms in total. The molecule has 0 aromatic heterocycles. The Morgan fingerprint density at radius 1 is 1.16 bits per heavy atom. The highest BCUT2D eigenvalue weighted by molar-refractivity contribution is 5.76. The second-order valence-corrected chi connectivity index (χ2v) is 8.65. The Kier molecular flexibility index (Phi) is 5.67. The topological polar surface area (TPSA) is 50.4 Å². The molecule has 138 valence electrons. The lowest BCUT2D eigenvalue weighted by atomic mass is 9.87. The van der Waals surface area contributed by atoms with E-state index in [1.165, 1.54) is 18.4 Å². The lowest BCUT2D eigenvalue weighted by Gasteiger charge is -2.28. The van der Waals surface area contributed by atoms with Crippen molar-refractivity contribution in [3.05, 3.63) is 29.8 Å². The molecule has 1 aromatic carbocycles. The number of carbonyl (C=O) groups excluding carboxylic acids is 1. The molecule has 0 radical (unpaired) electrons. The molecule has 4 heteroatoms. The van der Waals surface area contributed by atoms with Gasteiger partial charge in [0, 0.05) is 18.5 Å². The van der Waals surface area contributed by atoms with E-state index in [9.17, 15) is 4.79 Å². The molecule has 1 aromatic rings. The zero-order valence-electron chi connectivity index (χ0n) is 15.8. The van der Waals surface area contributed by atoms with Crippen LogP contribution >= 0.6 is 0 Å². The Bertz CT molecular complexity index is 565. The summed E-state index contributed by atoms with van der Waals surface area (Å²) in [6, 6.07) is 9.53. The van der Waals surface area contributed by atoms with E-state index >= 15 is 0 Å². The molecule has 3 rings (SSSR count). The van der Waals surface area contributed by atoms with Gasteiger partial charge in [-0.1, -0.05) is 32.9 Å². The Balaban J connectivity index is 1.33. The predicted octanol–water partition coefficient (Wildman–Crippen LogP) is 3.40. The number of hydrogen-bond donors (Lipinski definition) is 2. The number of hydrogen-bond acceptors (Lipinski definition) is 3. The first-order valence-corrected chi connectivity index (χ1v) is 9.66. The highest BCUT2D eigenvalue weighted by Crippen LogP contribution is 2.32. The van der Waals surface area contributed by atoms with Gasteiger partial charge in [0.25, 0.3) is 0 Å². The van der Waals surface area contributed by atoms with Crippen LogP contribution in [0, 0.1) is 5.92 Å². The molecular formula is C21H32N2O2. The summed E-state index contributed by atoms with van der Waals surface area (Å²) in [5, 5.41) is 6.63. The molecular weight excluding hydrogens is 312 g/mol. The van der Waals surface area contributed by atoms with Crippen LogP contribution in [0.4, 0.5) is 0 Å². The minimum atomic E-state index is 0.153. The lowest BCUT2D eigenvalue weighted by Crippen LogP contribution is -2.40. The van der Waals surface area contributed by atoms with Gasteiger partial charge in [-0.15, -0.1) is 0 Å². The van der Waals surface area contributed by atoms with Crippen LogP contribution in [-0.2, 0) is 10.2 Å². The molecule has 2 aliphatic heterocycles. The van der Waals surface area contributed by atoms with Crippen molar-refractivity contribution in [1.82, 2.24) is 10.6 Å². The molecule has 2 unspecified atom stereocenters. The molecule has 0 saturated carbocycles. The fourth-order valence-corrected chi connectivity index (χ4v) is 4.09. The second-order valence-electron chi connectivity index (χ2n) is 8.65. The molecule has 0 spiro atoms. The van der Waals surface area contributed by atoms with E-state index in [2.05, 4.69) is 43.5 Å². The summed E-state index contributed by atoms with van der Waals surface area (Å²) in [6.07, 6.45) is 5.53. The first-order chi connectivity index (χ1) is 11.9. The molecule has 2 saturated heterocycles. The van der Waals surface area contributed by atoms with E-state index in [0.717, 1.165) is 18.6 Å². The van der Waals surface area contributed by atoms with Crippen LogP contribution in [0.15, 0.2) is 24.3 Å². The fourth-order valence-electron chi connectivity index (χ4n) is 4.09. The minimum absolute atomic E-state index is 0.153. The van der Waals surface area contributed by atoms with Crippen molar-refractivity contribution in [3.63, 3.8) is 0 Å². The smallest absolute Gasteiger partial charge is 0.220 e. The van der Waals surface area contributed by atoms with Gasteiger partial charge in [-0.05, 0) is 54.7 Å². The van der Waals surface area contributed by atoms with E-state index in [1.54, 1.807) is 0 Å². The Labute approximate surface area is 151 Å². The van der Waals surface area contributed by atoms with E-state index in [1.807, 2.05) is 12.1 Å². The Morgan fingerprint density at radius 2 is 1.80 bits per heavy atom. The Hall–Kier alpha value is -1.55. The molecule has 2 aliphatic rings. The predicted molar refractivity (Wildman–Crippen MR) is 101 cm³/mol. The van der Waals surface area contributed by atoms with Crippen molar-refractivity contribution in [2.45, 2.75) is 70.4 Å². The van der Waals surface area contributed by atoms with E-state index < -0.39 is 0 Å². The van der Waals surface area contributed by atoms with E-state index in [4.69, 9.17) is 4.74 Å². The van der Waals surface area contributed by atoms with Gasteiger partial charge in [0.2, 0.25) is 5.91 Å². The number of carbonyl (C=O) groups is 1. The van der Waals surface area contributed by atoms with Gasteiger partial charge in [0.05, 0.1) is 6.54 Å². The number of nitrogens with one attached hydrogen (secondary N) is 2. The third kappa shape index (κ3) is 5.21. The van der Waals surface area contributed by atoms with Gasteiger partial charge in [-0.3, -0.25) is 4.79 Å². The maximum atomic E-state index is 12.1. The Morgan fingerprint density at radius 3 is 2.40 bits per heavy atom. The van der Waals surface area contributed by atoms with Gasteiger partial charge in [-0.2, -0.15) is 0 Å². The SMILES string of the molecule is CC(C)(C)c1ccc(OCCNC(=O)CC2CC3CCC(C2)N3)cc1. The summed E-state index contributed by atoms with van der Waals surface area (Å²) in [6.45, 7) is 7.68.